The predicted octanol–water partition coefficient (Wildman–Crippen LogP) is 1.98. The van der Waals surface area contributed by atoms with Gasteiger partial charge in [-0.3, -0.25) is 0 Å². The highest BCUT2D eigenvalue weighted by molar-refractivity contribution is 5.69. The predicted molar refractivity (Wildman–Crippen MR) is 72.9 cm³/mol. The molecule has 5 heteroatoms. The number of anilines is 1. The van der Waals surface area contributed by atoms with Gasteiger partial charge in [-0.25, -0.2) is 9.66 Å². The Hall–Kier alpha value is -2.17. The first-order valence-corrected chi connectivity index (χ1v) is 5.81. The molecule has 0 radical (unpaired) electrons. The van der Waals surface area contributed by atoms with Crippen LogP contribution in [0.25, 0.3) is 11.3 Å². The molecule has 0 saturated heterocycles. The zero-order valence-corrected chi connectivity index (χ0v) is 10.8. The summed E-state index contributed by atoms with van der Waals surface area (Å²) in [5.74, 6) is 7.13. The molecule has 1 aromatic heterocycles. The summed E-state index contributed by atoms with van der Waals surface area (Å²) < 4.78 is 6.66. The lowest BCUT2D eigenvalue weighted by molar-refractivity contribution is 0.416. The molecule has 0 aliphatic carbocycles. The maximum absolute atomic E-state index is 5.66. The first-order chi connectivity index (χ1) is 8.52. The van der Waals surface area contributed by atoms with Crippen molar-refractivity contribution in [2.24, 2.45) is 0 Å². The quantitative estimate of drug-likeness (QED) is 0.812. The van der Waals surface area contributed by atoms with Crippen LogP contribution in [0.1, 0.15) is 25.3 Å². The van der Waals surface area contributed by atoms with E-state index < -0.39 is 0 Å². The van der Waals surface area contributed by atoms with Gasteiger partial charge in [0.15, 0.2) is 0 Å². The first-order valence-electron chi connectivity index (χ1n) is 5.81. The van der Waals surface area contributed by atoms with Crippen molar-refractivity contribution in [1.29, 1.82) is 0 Å². The molecule has 1 aromatic carbocycles. The molecule has 2 rings (SSSR count). The van der Waals surface area contributed by atoms with E-state index >= 15 is 0 Å². The lowest BCUT2D eigenvalue weighted by atomic mass is 9.99. The van der Waals surface area contributed by atoms with E-state index in [1.807, 2.05) is 6.07 Å². The molecule has 0 saturated carbocycles. The van der Waals surface area contributed by atoms with Gasteiger partial charge in [-0.2, -0.15) is 0 Å². The molecule has 0 amide bonds. The molecule has 0 spiro atoms. The van der Waals surface area contributed by atoms with Crippen LogP contribution in [0.2, 0.25) is 0 Å². The summed E-state index contributed by atoms with van der Waals surface area (Å²) in [7, 11) is 1.64. The number of nitrogens with zero attached hydrogens (tertiary/aromatic N) is 2. The van der Waals surface area contributed by atoms with Gasteiger partial charge in [0.1, 0.15) is 5.75 Å². The summed E-state index contributed by atoms with van der Waals surface area (Å²) in [4.78, 5) is 4.23. The molecular formula is C13H18N4O. The van der Waals surface area contributed by atoms with Crippen LogP contribution in [-0.2, 0) is 0 Å². The molecule has 96 valence electrons. The van der Waals surface area contributed by atoms with Crippen molar-refractivity contribution in [2.45, 2.75) is 19.8 Å². The highest BCUT2D eigenvalue weighted by Crippen LogP contribution is 2.32. The largest absolute Gasteiger partial charge is 0.496 e. The fraction of sp³-hybridized carbons (Fsp3) is 0.308. The second kappa shape index (κ2) is 4.60. The lowest BCUT2D eigenvalue weighted by Gasteiger charge is -2.11. The van der Waals surface area contributed by atoms with Crippen molar-refractivity contribution in [2.75, 3.05) is 18.7 Å². The summed E-state index contributed by atoms with van der Waals surface area (Å²) in [6.45, 7) is 4.28. The Kier molecular flexibility index (Phi) is 3.14. The number of imidazole rings is 1. The third kappa shape index (κ3) is 2.11. The molecule has 0 atom stereocenters. The fourth-order valence-electron chi connectivity index (χ4n) is 1.82. The summed E-state index contributed by atoms with van der Waals surface area (Å²) in [5, 5.41) is 0. The second-order valence-electron chi connectivity index (χ2n) is 4.51. The number of nitrogen functional groups attached to an aromatic ring is 2. The van der Waals surface area contributed by atoms with Crippen molar-refractivity contribution < 1.29 is 4.74 Å². The third-order valence-corrected chi connectivity index (χ3v) is 2.93. The van der Waals surface area contributed by atoms with E-state index in [-0.39, 0.29) is 5.95 Å². The monoisotopic (exact) mass is 246 g/mol. The number of rotatable bonds is 3. The van der Waals surface area contributed by atoms with Crippen molar-refractivity contribution in [1.82, 2.24) is 9.66 Å². The average Bonchev–Trinajstić information content (AvgIpc) is 2.68. The smallest absolute Gasteiger partial charge is 0.219 e. The van der Waals surface area contributed by atoms with E-state index in [4.69, 9.17) is 16.3 Å². The molecule has 2 aromatic rings. The normalized spacial score (nSPS) is 10.9. The van der Waals surface area contributed by atoms with E-state index in [1.54, 1.807) is 13.3 Å². The highest BCUT2D eigenvalue weighted by atomic mass is 16.5. The van der Waals surface area contributed by atoms with E-state index in [0.29, 0.717) is 11.6 Å². The Balaban J connectivity index is 2.56. The lowest BCUT2D eigenvalue weighted by Crippen LogP contribution is -2.09. The van der Waals surface area contributed by atoms with Crippen LogP contribution < -0.4 is 16.3 Å². The Morgan fingerprint density at radius 2 is 2.06 bits per heavy atom. The van der Waals surface area contributed by atoms with Crippen LogP contribution in [0.3, 0.4) is 0 Å². The Bertz CT molecular complexity index is 541. The van der Waals surface area contributed by atoms with Gasteiger partial charge < -0.3 is 16.3 Å². The van der Waals surface area contributed by atoms with Gasteiger partial charge in [-0.05, 0) is 23.6 Å². The number of aromatic nitrogens is 2. The Morgan fingerprint density at radius 1 is 1.33 bits per heavy atom. The minimum atomic E-state index is 0.280. The molecule has 0 unspecified atom stereocenters. The maximum atomic E-state index is 5.66. The fourth-order valence-corrected chi connectivity index (χ4v) is 1.82. The standard InChI is InChI=1S/C13H18N4O/c1-8(2)9-4-5-12(18-3)10(6-9)11-7-17(15)13(14)16-11/h4-8H,15H2,1-3H3,(H2,14,16). The maximum Gasteiger partial charge on any atom is 0.219 e. The van der Waals surface area contributed by atoms with Crippen LogP contribution in [0.4, 0.5) is 5.95 Å². The summed E-state index contributed by atoms with van der Waals surface area (Å²) in [6, 6.07) is 6.05. The first kappa shape index (κ1) is 12.3. The zero-order valence-electron chi connectivity index (χ0n) is 10.8. The van der Waals surface area contributed by atoms with Crippen LogP contribution in [0.5, 0.6) is 5.75 Å². The van der Waals surface area contributed by atoms with Crippen LogP contribution >= 0.6 is 0 Å². The summed E-state index contributed by atoms with van der Waals surface area (Å²) in [5.41, 5.74) is 8.49. The molecule has 4 N–H and O–H groups in total. The Labute approximate surface area is 106 Å². The Morgan fingerprint density at radius 3 is 2.56 bits per heavy atom. The molecule has 0 fully saturated rings. The number of hydrogen-bond acceptors (Lipinski definition) is 4. The summed E-state index contributed by atoms with van der Waals surface area (Å²) in [6.07, 6.45) is 1.69. The third-order valence-electron chi connectivity index (χ3n) is 2.93. The van der Waals surface area contributed by atoms with Gasteiger partial charge in [-0.15, -0.1) is 0 Å². The minimum absolute atomic E-state index is 0.280. The zero-order chi connectivity index (χ0) is 13.3. The van der Waals surface area contributed by atoms with E-state index in [2.05, 4.69) is 31.0 Å². The number of nitrogens with two attached hydrogens (primary N) is 2. The van der Waals surface area contributed by atoms with Gasteiger partial charge in [0.05, 0.1) is 19.0 Å². The molecule has 18 heavy (non-hydrogen) atoms. The van der Waals surface area contributed by atoms with Crippen LogP contribution in [0, 0.1) is 0 Å². The van der Waals surface area contributed by atoms with Gasteiger partial charge >= 0.3 is 0 Å². The molecule has 0 bridgehead atoms. The topological polar surface area (TPSA) is 79.1 Å². The number of methoxy groups -OCH3 is 1. The van der Waals surface area contributed by atoms with E-state index in [1.165, 1.54) is 10.2 Å². The molecule has 0 aliphatic rings. The highest BCUT2D eigenvalue weighted by Gasteiger charge is 2.12. The van der Waals surface area contributed by atoms with Crippen molar-refractivity contribution >= 4 is 5.95 Å². The number of hydrogen-bond donors (Lipinski definition) is 2. The molecular weight excluding hydrogens is 228 g/mol. The van der Waals surface area contributed by atoms with E-state index in [0.717, 1.165) is 11.3 Å². The average molecular weight is 246 g/mol. The number of ether oxygens (including phenoxy) is 1. The second-order valence-corrected chi connectivity index (χ2v) is 4.51. The molecule has 5 nitrogen and oxygen atoms in total. The van der Waals surface area contributed by atoms with E-state index in [9.17, 15) is 0 Å². The van der Waals surface area contributed by atoms with Crippen molar-refractivity contribution in [3.05, 3.63) is 30.0 Å². The van der Waals surface area contributed by atoms with Gasteiger partial charge in [0.25, 0.3) is 0 Å². The number of benzene rings is 1. The van der Waals surface area contributed by atoms with Crippen molar-refractivity contribution in [3.63, 3.8) is 0 Å². The van der Waals surface area contributed by atoms with Crippen molar-refractivity contribution in [3.8, 4) is 17.0 Å². The van der Waals surface area contributed by atoms with Gasteiger partial charge in [0.2, 0.25) is 5.95 Å². The van der Waals surface area contributed by atoms with Crippen LogP contribution in [0.15, 0.2) is 24.4 Å². The molecule has 1 heterocycles. The summed E-state index contributed by atoms with van der Waals surface area (Å²) >= 11 is 0. The minimum Gasteiger partial charge on any atom is -0.496 e. The van der Waals surface area contributed by atoms with Crippen LogP contribution in [-0.4, -0.2) is 16.8 Å². The SMILES string of the molecule is COc1ccc(C(C)C)cc1-c1cn(N)c(N)n1. The van der Waals surface area contributed by atoms with Gasteiger partial charge in [-0.1, -0.05) is 19.9 Å². The molecule has 0 aliphatic heterocycles. The van der Waals surface area contributed by atoms with Gasteiger partial charge in [0, 0.05) is 5.56 Å².